The van der Waals surface area contributed by atoms with Gasteiger partial charge in [-0.25, -0.2) is 0 Å². The minimum atomic E-state index is 1.52. The van der Waals surface area contributed by atoms with Crippen LogP contribution in [0, 0.1) is 0 Å². The molecule has 0 atom stereocenters. The molecule has 0 saturated heterocycles. The minimum Gasteiger partial charge on any atom is -0.417 e. The molecule has 1 N–H and O–H groups in total. The fourth-order valence-corrected chi connectivity index (χ4v) is 0.302. The average Bonchev–Trinajstić information content (AvgIpc) is 1.81. The van der Waals surface area contributed by atoms with E-state index in [1.54, 1.807) is 24.6 Å². The van der Waals surface area contributed by atoms with Crippen LogP contribution in [0.2, 0.25) is 0 Å². The Hall–Kier alpha value is -0.410. The molecular formula is C5H9NOS. The first-order valence-corrected chi connectivity index (χ1v) is 2.71. The second-order valence-electron chi connectivity index (χ2n) is 0.992. The average molecular weight is 131 g/mol. The number of hydrogen-bond donors (Lipinski definition) is 2. The molecule has 0 radical (unpaired) electrons. The van der Waals surface area contributed by atoms with Gasteiger partial charge in [0, 0.05) is 7.05 Å². The van der Waals surface area contributed by atoms with Crippen LogP contribution in [-0.4, -0.2) is 7.05 Å². The lowest BCUT2D eigenvalue weighted by atomic mass is 10.6. The van der Waals surface area contributed by atoms with Gasteiger partial charge in [0.25, 0.3) is 0 Å². The van der Waals surface area contributed by atoms with Crippen molar-refractivity contribution in [1.82, 2.24) is 5.48 Å². The number of rotatable bonds is 3. The number of thiol groups is 1. The van der Waals surface area contributed by atoms with E-state index in [4.69, 9.17) is 0 Å². The molecular weight excluding hydrogens is 122 g/mol. The third-order valence-corrected chi connectivity index (χ3v) is 0.634. The lowest BCUT2D eigenvalue weighted by Gasteiger charge is -1.89. The number of nitrogens with one attached hydrogen (secondary N) is 1. The van der Waals surface area contributed by atoms with Crippen LogP contribution in [0.4, 0.5) is 0 Å². The second kappa shape index (κ2) is 6.59. The minimum absolute atomic E-state index is 1.52. The highest BCUT2D eigenvalue weighted by molar-refractivity contribution is 7.83. The van der Waals surface area contributed by atoms with Crippen LogP contribution in [0.1, 0.15) is 0 Å². The van der Waals surface area contributed by atoms with E-state index in [1.165, 1.54) is 6.26 Å². The van der Waals surface area contributed by atoms with Gasteiger partial charge >= 0.3 is 0 Å². The molecule has 0 aliphatic heterocycles. The van der Waals surface area contributed by atoms with Crippen LogP contribution in [-0.2, 0) is 4.84 Å². The summed E-state index contributed by atoms with van der Waals surface area (Å²) in [5.74, 6) is 0. The van der Waals surface area contributed by atoms with Crippen molar-refractivity contribution in [3.8, 4) is 0 Å². The van der Waals surface area contributed by atoms with Crippen molar-refractivity contribution in [1.29, 1.82) is 0 Å². The van der Waals surface area contributed by atoms with E-state index in [1.807, 2.05) is 0 Å². The van der Waals surface area contributed by atoms with Gasteiger partial charge in [0.1, 0.15) is 6.26 Å². The number of allylic oxidation sites excluding steroid dienone is 2. The molecule has 0 aliphatic carbocycles. The molecule has 0 spiro atoms. The summed E-state index contributed by atoms with van der Waals surface area (Å²) in [6, 6.07) is 0. The third-order valence-electron chi connectivity index (χ3n) is 0.462. The van der Waals surface area contributed by atoms with Gasteiger partial charge in [-0.3, -0.25) is 0 Å². The molecule has 0 unspecified atom stereocenters. The molecule has 0 aliphatic rings. The van der Waals surface area contributed by atoms with E-state index in [-0.39, 0.29) is 0 Å². The van der Waals surface area contributed by atoms with Crippen molar-refractivity contribution in [2.75, 3.05) is 7.05 Å². The van der Waals surface area contributed by atoms with E-state index < -0.39 is 0 Å². The SMILES string of the molecule is CNO/C=C\C=C/S. The van der Waals surface area contributed by atoms with Crippen molar-refractivity contribution in [2.24, 2.45) is 0 Å². The third kappa shape index (κ3) is 5.59. The van der Waals surface area contributed by atoms with Crippen molar-refractivity contribution >= 4 is 12.6 Å². The Morgan fingerprint density at radius 3 is 2.75 bits per heavy atom. The quantitative estimate of drug-likeness (QED) is 0.259. The van der Waals surface area contributed by atoms with E-state index in [0.29, 0.717) is 0 Å². The normalized spacial score (nSPS) is 11.2. The number of hydroxylamine groups is 1. The summed E-state index contributed by atoms with van der Waals surface area (Å²) in [4.78, 5) is 4.62. The molecule has 0 heterocycles. The topological polar surface area (TPSA) is 21.3 Å². The van der Waals surface area contributed by atoms with Crippen molar-refractivity contribution in [2.45, 2.75) is 0 Å². The van der Waals surface area contributed by atoms with Gasteiger partial charge in [0.05, 0.1) is 0 Å². The molecule has 0 fully saturated rings. The van der Waals surface area contributed by atoms with Crippen molar-refractivity contribution in [3.63, 3.8) is 0 Å². The lowest BCUT2D eigenvalue weighted by molar-refractivity contribution is 0.158. The molecule has 3 heteroatoms. The fourth-order valence-electron chi connectivity index (χ4n) is 0.202. The Labute approximate surface area is 54.6 Å². The maximum Gasteiger partial charge on any atom is 0.111 e. The maximum atomic E-state index is 4.62. The van der Waals surface area contributed by atoms with Crippen molar-refractivity contribution in [3.05, 3.63) is 23.8 Å². The molecule has 2 nitrogen and oxygen atoms in total. The first-order valence-electron chi connectivity index (χ1n) is 2.20. The first-order chi connectivity index (χ1) is 3.91. The van der Waals surface area contributed by atoms with Crippen LogP contribution in [0.25, 0.3) is 0 Å². The predicted octanol–water partition coefficient (Wildman–Crippen LogP) is 1.09. The van der Waals surface area contributed by atoms with Gasteiger partial charge in [0.2, 0.25) is 0 Å². The molecule has 0 rings (SSSR count). The molecule has 46 valence electrons. The Morgan fingerprint density at radius 1 is 1.50 bits per heavy atom. The van der Waals surface area contributed by atoms with Gasteiger partial charge in [-0.2, -0.15) is 18.1 Å². The summed E-state index contributed by atoms with van der Waals surface area (Å²) in [5, 5.41) is 1.62. The maximum absolute atomic E-state index is 4.62. The molecule has 0 bridgehead atoms. The van der Waals surface area contributed by atoms with E-state index >= 15 is 0 Å². The Bertz CT molecular complexity index is 90.4. The van der Waals surface area contributed by atoms with E-state index in [2.05, 4.69) is 22.9 Å². The zero-order valence-electron chi connectivity index (χ0n) is 4.66. The standard InChI is InChI=1S/C5H9NOS/c1-6-7-4-2-3-5-8/h2-6,8H,1H3/b4-2-,5-3-. The van der Waals surface area contributed by atoms with Crippen LogP contribution in [0.15, 0.2) is 23.8 Å². The van der Waals surface area contributed by atoms with Crippen LogP contribution in [0.3, 0.4) is 0 Å². The fraction of sp³-hybridized carbons (Fsp3) is 0.200. The monoisotopic (exact) mass is 131 g/mol. The molecule has 8 heavy (non-hydrogen) atoms. The summed E-state index contributed by atoms with van der Waals surface area (Å²) in [6.07, 6.45) is 5.00. The highest BCUT2D eigenvalue weighted by Gasteiger charge is 1.61. The molecule has 0 aromatic rings. The van der Waals surface area contributed by atoms with Gasteiger partial charge < -0.3 is 4.84 Å². The van der Waals surface area contributed by atoms with Gasteiger partial charge in [-0.05, 0) is 11.5 Å². The Kier molecular flexibility index (Phi) is 6.25. The summed E-state index contributed by atoms with van der Waals surface area (Å²) in [5.41, 5.74) is 2.48. The predicted molar refractivity (Wildman–Crippen MR) is 37.4 cm³/mol. The summed E-state index contributed by atoms with van der Waals surface area (Å²) in [6.45, 7) is 0. The molecule has 0 saturated carbocycles. The molecule has 0 amide bonds. The molecule has 0 aromatic heterocycles. The number of hydrogen-bond acceptors (Lipinski definition) is 3. The summed E-state index contributed by atoms with van der Waals surface area (Å²) < 4.78 is 0. The Balaban J connectivity index is 3.07. The zero-order valence-corrected chi connectivity index (χ0v) is 5.56. The summed E-state index contributed by atoms with van der Waals surface area (Å²) >= 11 is 3.81. The zero-order chi connectivity index (χ0) is 6.24. The smallest absolute Gasteiger partial charge is 0.111 e. The second-order valence-corrected chi connectivity index (χ2v) is 1.29. The van der Waals surface area contributed by atoms with Crippen LogP contribution < -0.4 is 5.48 Å². The van der Waals surface area contributed by atoms with E-state index in [9.17, 15) is 0 Å². The highest BCUT2D eigenvalue weighted by atomic mass is 32.1. The first kappa shape index (κ1) is 7.59. The van der Waals surface area contributed by atoms with E-state index in [0.717, 1.165) is 0 Å². The molecule has 0 aromatic carbocycles. The van der Waals surface area contributed by atoms with Gasteiger partial charge in [-0.1, -0.05) is 6.08 Å². The Morgan fingerprint density at radius 2 is 2.25 bits per heavy atom. The van der Waals surface area contributed by atoms with Crippen LogP contribution >= 0.6 is 12.6 Å². The van der Waals surface area contributed by atoms with Gasteiger partial charge in [0.15, 0.2) is 0 Å². The summed E-state index contributed by atoms with van der Waals surface area (Å²) in [7, 11) is 1.69. The van der Waals surface area contributed by atoms with Crippen molar-refractivity contribution < 1.29 is 4.84 Å². The lowest BCUT2D eigenvalue weighted by Crippen LogP contribution is -1.99. The highest BCUT2D eigenvalue weighted by Crippen LogP contribution is 1.78. The largest absolute Gasteiger partial charge is 0.417 e. The van der Waals surface area contributed by atoms with Gasteiger partial charge in [-0.15, -0.1) is 0 Å². The van der Waals surface area contributed by atoms with Crippen LogP contribution in [0.5, 0.6) is 0 Å².